The monoisotopic (exact) mass is 349 g/mol. The highest BCUT2D eigenvalue weighted by atomic mass is 79.9. The van der Waals surface area contributed by atoms with Gasteiger partial charge in [0.25, 0.3) is 0 Å². The van der Waals surface area contributed by atoms with Crippen molar-refractivity contribution in [2.24, 2.45) is 0 Å². The number of aromatic nitrogens is 2. The van der Waals surface area contributed by atoms with Crippen molar-refractivity contribution in [1.82, 2.24) is 9.55 Å². The maximum absolute atomic E-state index is 6.45. The van der Waals surface area contributed by atoms with E-state index in [0.29, 0.717) is 0 Å². The van der Waals surface area contributed by atoms with Gasteiger partial charge in [-0.1, -0.05) is 48.8 Å². The van der Waals surface area contributed by atoms with Gasteiger partial charge in [0.05, 0.1) is 0 Å². The van der Waals surface area contributed by atoms with E-state index in [0.717, 1.165) is 27.4 Å². The molecule has 0 fully saturated rings. The van der Waals surface area contributed by atoms with Crippen molar-refractivity contribution in [2.45, 2.75) is 52.5 Å². The summed E-state index contributed by atoms with van der Waals surface area (Å²) in [6.07, 6.45) is 0. The van der Waals surface area contributed by atoms with Crippen molar-refractivity contribution in [2.75, 3.05) is 5.73 Å². The Kier molecular flexibility index (Phi) is 3.96. The Labute approximate surface area is 135 Å². The van der Waals surface area contributed by atoms with Crippen molar-refractivity contribution in [3.05, 3.63) is 34.6 Å². The van der Waals surface area contributed by atoms with E-state index >= 15 is 0 Å². The molecule has 3 nitrogen and oxygen atoms in total. The molecule has 0 atom stereocenters. The summed E-state index contributed by atoms with van der Waals surface area (Å²) in [5.41, 5.74) is 8.19. The molecule has 0 unspecified atom stereocenters. The summed E-state index contributed by atoms with van der Waals surface area (Å²) in [4.78, 5) is 4.87. The molecule has 0 saturated heterocycles. The van der Waals surface area contributed by atoms with Gasteiger partial charge in [-0.2, -0.15) is 0 Å². The second kappa shape index (κ2) is 5.16. The molecule has 1 aromatic heterocycles. The first-order chi connectivity index (χ1) is 9.51. The van der Waals surface area contributed by atoms with Gasteiger partial charge in [0.2, 0.25) is 0 Å². The van der Waals surface area contributed by atoms with Crippen LogP contribution < -0.4 is 5.73 Å². The van der Waals surface area contributed by atoms with Crippen LogP contribution in [0, 0.1) is 0 Å². The van der Waals surface area contributed by atoms with Crippen LogP contribution in [-0.2, 0) is 11.0 Å². The summed E-state index contributed by atoms with van der Waals surface area (Å²) in [7, 11) is 0. The number of hydrogen-bond donors (Lipinski definition) is 1. The lowest BCUT2D eigenvalue weighted by atomic mass is 9.94. The molecule has 0 aliphatic rings. The summed E-state index contributed by atoms with van der Waals surface area (Å²) in [6, 6.07) is 8.12. The Morgan fingerprint density at radius 3 is 1.90 bits per heavy atom. The van der Waals surface area contributed by atoms with E-state index in [4.69, 9.17) is 10.7 Å². The SMILES string of the molecule is CC(C)(C)c1nc(-c2ccc(Br)cc2)c(N)n1C(C)(C)C. The lowest BCUT2D eigenvalue weighted by Gasteiger charge is -2.29. The van der Waals surface area contributed by atoms with E-state index in [2.05, 4.69) is 62.0 Å². The number of benzene rings is 1. The van der Waals surface area contributed by atoms with E-state index < -0.39 is 0 Å². The van der Waals surface area contributed by atoms with Crippen LogP contribution in [0.1, 0.15) is 47.4 Å². The van der Waals surface area contributed by atoms with Crippen LogP contribution in [-0.4, -0.2) is 9.55 Å². The van der Waals surface area contributed by atoms with Crippen LogP contribution in [0.5, 0.6) is 0 Å². The molecule has 114 valence electrons. The van der Waals surface area contributed by atoms with E-state index in [1.54, 1.807) is 0 Å². The van der Waals surface area contributed by atoms with Crippen molar-refractivity contribution in [3.8, 4) is 11.3 Å². The molecule has 2 rings (SSSR count). The topological polar surface area (TPSA) is 43.8 Å². The number of anilines is 1. The molecule has 0 aliphatic heterocycles. The first kappa shape index (κ1) is 16.1. The van der Waals surface area contributed by atoms with E-state index in [1.165, 1.54) is 0 Å². The van der Waals surface area contributed by atoms with Gasteiger partial charge in [-0.3, -0.25) is 0 Å². The zero-order chi connectivity index (χ0) is 16.0. The highest BCUT2D eigenvalue weighted by molar-refractivity contribution is 9.10. The quantitative estimate of drug-likeness (QED) is 0.791. The van der Waals surface area contributed by atoms with Crippen molar-refractivity contribution < 1.29 is 0 Å². The van der Waals surface area contributed by atoms with Gasteiger partial charge in [0, 0.05) is 21.0 Å². The zero-order valence-electron chi connectivity index (χ0n) is 13.7. The predicted molar refractivity (Wildman–Crippen MR) is 93.5 cm³/mol. The first-order valence-electron chi connectivity index (χ1n) is 7.17. The maximum Gasteiger partial charge on any atom is 0.132 e. The van der Waals surface area contributed by atoms with Crippen molar-refractivity contribution in [1.29, 1.82) is 0 Å². The van der Waals surface area contributed by atoms with Gasteiger partial charge in [-0.15, -0.1) is 0 Å². The number of halogens is 1. The van der Waals surface area contributed by atoms with Gasteiger partial charge in [-0.05, 0) is 32.9 Å². The number of nitrogens with zero attached hydrogens (tertiary/aromatic N) is 2. The third-order valence-electron chi connectivity index (χ3n) is 3.37. The number of imidazole rings is 1. The summed E-state index contributed by atoms with van der Waals surface area (Å²) in [6.45, 7) is 13.0. The second-order valence-electron chi connectivity index (χ2n) is 7.43. The summed E-state index contributed by atoms with van der Waals surface area (Å²) < 4.78 is 3.21. The molecule has 0 amide bonds. The van der Waals surface area contributed by atoms with Crippen molar-refractivity contribution in [3.63, 3.8) is 0 Å². The predicted octanol–water partition coefficient (Wildman–Crippen LogP) is 4.95. The number of hydrogen-bond acceptors (Lipinski definition) is 2. The summed E-state index contributed by atoms with van der Waals surface area (Å²) >= 11 is 3.46. The standard InChI is InChI=1S/C17H24BrN3/c1-16(2,3)15-20-13(11-7-9-12(18)10-8-11)14(19)21(15)17(4,5)6/h7-10H,19H2,1-6H3. The molecule has 21 heavy (non-hydrogen) atoms. The third kappa shape index (κ3) is 3.15. The molecule has 4 heteroatoms. The average Bonchev–Trinajstić information content (AvgIpc) is 2.67. The van der Waals surface area contributed by atoms with Crippen molar-refractivity contribution >= 4 is 21.7 Å². The largest absolute Gasteiger partial charge is 0.383 e. The second-order valence-corrected chi connectivity index (χ2v) is 8.35. The number of nitrogen functional groups attached to an aromatic ring is 1. The van der Waals surface area contributed by atoms with E-state index in [-0.39, 0.29) is 11.0 Å². The van der Waals surface area contributed by atoms with Crippen LogP contribution >= 0.6 is 15.9 Å². The van der Waals surface area contributed by atoms with Crippen LogP contribution in [0.2, 0.25) is 0 Å². The van der Waals surface area contributed by atoms with E-state index in [1.807, 2.05) is 24.3 Å². The minimum atomic E-state index is -0.104. The molecule has 0 radical (unpaired) electrons. The normalized spacial score (nSPS) is 12.7. The van der Waals surface area contributed by atoms with Crippen LogP contribution in [0.4, 0.5) is 5.82 Å². The minimum Gasteiger partial charge on any atom is -0.383 e. The molecular weight excluding hydrogens is 326 g/mol. The minimum absolute atomic E-state index is 0.0605. The Balaban J connectivity index is 2.70. The highest BCUT2D eigenvalue weighted by Gasteiger charge is 2.30. The lowest BCUT2D eigenvalue weighted by Crippen LogP contribution is -2.30. The summed E-state index contributed by atoms with van der Waals surface area (Å²) in [5.74, 6) is 1.75. The molecular formula is C17H24BrN3. The number of rotatable bonds is 1. The van der Waals surface area contributed by atoms with Gasteiger partial charge >= 0.3 is 0 Å². The highest BCUT2D eigenvalue weighted by Crippen LogP contribution is 2.36. The Morgan fingerprint density at radius 1 is 1.00 bits per heavy atom. The molecule has 1 heterocycles. The molecule has 1 aromatic carbocycles. The van der Waals surface area contributed by atoms with Gasteiger partial charge < -0.3 is 10.3 Å². The van der Waals surface area contributed by atoms with Crippen LogP contribution in [0.15, 0.2) is 28.7 Å². The molecule has 0 spiro atoms. The van der Waals surface area contributed by atoms with Gasteiger partial charge in [0.1, 0.15) is 17.3 Å². The fraction of sp³-hybridized carbons (Fsp3) is 0.471. The van der Waals surface area contributed by atoms with Crippen LogP contribution in [0.3, 0.4) is 0 Å². The maximum atomic E-state index is 6.45. The third-order valence-corrected chi connectivity index (χ3v) is 3.90. The molecule has 2 N–H and O–H groups in total. The molecule has 0 bridgehead atoms. The smallest absolute Gasteiger partial charge is 0.132 e. The van der Waals surface area contributed by atoms with Gasteiger partial charge in [0.15, 0.2) is 0 Å². The van der Waals surface area contributed by atoms with Crippen LogP contribution in [0.25, 0.3) is 11.3 Å². The molecule has 2 aromatic rings. The lowest BCUT2D eigenvalue weighted by molar-refractivity contribution is 0.359. The number of nitrogens with two attached hydrogens (primary N) is 1. The van der Waals surface area contributed by atoms with E-state index in [9.17, 15) is 0 Å². The fourth-order valence-electron chi connectivity index (χ4n) is 2.44. The Bertz CT molecular complexity index is 640. The first-order valence-corrected chi connectivity index (χ1v) is 7.96. The van der Waals surface area contributed by atoms with Gasteiger partial charge in [-0.25, -0.2) is 4.98 Å². The molecule has 0 saturated carbocycles. The Morgan fingerprint density at radius 2 is 1.52 bits per heavy atom. The summed E-state index contributed by atoms with van der Waals surface area (Å²) in [5, 5.41) is 0. The fourth-order valence-corrected chi connectivity index (χ4v) is 2.70. The molecule has 0 aliphatic carbocycles. The Hall–Kier alpha value is -1.29. The average molecular weight is 350 g/mol. The zero-order valence-corrected chi connectivity index (χ0v) is 15.2.